The van der Waals surface area contributed by atoms with Gasteiger partial charge in [-0.25, -0.2) is 4.98 Å². The Labute approximate surface area is 233 Å². The molecule has 1 amide bonds. The van der Waals surface area contributed by atoms with Crippen LogP contribution in [-0.2, 0) is 15.0 Å². The smallest absolute Gasteiger partial charge is 0.302 e. The zero-order chi connectivity index (χ0) is 28.8. The van der Waals surface area contributed by atoms with E-state index in [9.17, 15) is 14.7 Å². The second-order valence-corrected chi connectivity index (χ2v) is 11.1. The van der Waals surface area contributed by atoms with Crippen molar-refractivity contribution >= 4 is 34.4 Å². The number of aromatic amines is 1. The fourth-order valence-electron chi connectivity index (χ4n) is 4.93. The largest absolute Gasteiger partial charge is 0.507 e. The normalized spacial score (nSPS) is 17.2. The van der Waals surface area contributed by atoms with Gasteiger partial charge in [0.05, 0.1) is 41.4 Å². The van der Waals surface area contributed by atoms with E-state index in [-0.39, 0.29) is 28.8 Å². The quantitative estimate of drug-likeness (QED) is 0.170. The third kappa shape index (κ3) is 4.81. The Morgan fingerprint density at radius 1 is 1.02 bits per heavy atom. The van der Waals surface area contributed by atoms with E-state index in [1.807, 2.05) is 44.2 Å². The highest BCUT2D eigenvalue weighted by atomic mass is 16.5. The molecule has 0 spiro atoms. The summed E-state index contributed by atoms with van der Waals surface area (Å²) in [4.78, 5) is 36.4. The number of imidazole rings is 1. The molecule has 1 aliphatic rings. The Morgan fingerprint density at radius 3 is 2.35 bits per heavy atom. The maximum Gasteiger partial charge on any atom is 0.302 e. The van der Waals surface area contributed by atoms with E-state index < -0.39 is 17.7 Å². The van der Waals surface area contributed by atoms with E-state index in [1.165, 1.54) is 12.0 Å². The van der Waals surface area contributed by atoms with Gasteiger partial charge < -0.3 is 19.6 Å². The highest BCUT2D eigenvalue weighted by Gasteiger charge is 2.48. The lowest BCUT2D eigenvalue weighted by atomic mass is 9.85. The van der Waals surface area contributed by atoms with Crippen molar-refractivity contribution in [3.05, 3.63) is 89.0 Å². The molecule has 2 heterocycles. The van der Waals surface area contributed by atoms with Gasteiger partial charge in [-0.3, -0.25) is 14.5 Å². The Kier molecular flexibility index (Phi) is 6.87. The Hall–Kier alpha value is -4.59. The molecule has 0 radical (unpaired) electrons. The number of nitrogens with one attached hydrogen (secondary N) is 1. The number of hydrogen-bond donors (Lipinski definition) is 2. The molecule has 8 nitrogen and oxygen atoms in total. The molecule has 1 atom stereocenters. The number of carbonyl (C=O) groups is 2. The SMILES string of the molecule is COc1ccc(C(C)(C)C)cc1/C(O)=C1\C(=O)C(=O)N(c2nc3ccccc3[nH]2)C1c1ccc(OC(C)C)cc1. The molecule has 1 aliphatic heterocycles. The van der Waals surface area contributed by atoms with Crippen molar-refractivity contribution in [1.29, 1.82) is 0 Å². The average Bonchev–Trinajstić information content (AvgIpc) is 3.45. The van der Waals surface area contributed by atoms with E-state index in [2.05, 4.69) is 30.7 Å². The number of rotatable bonds is 6. The van der Waals surface area contributed by atoms with Crippen LogP contribution in [0.15, 0.2) is 72.3 Å². The molecule has 0 saturated carbocycles. The number of ketones is 1. The Balaban J connectivity index is 1.73. The molecular formula is C32H33N3O5. The molecule has 1 saturated heterocycles. The van der Waals surface area contributed by atoms with Crippen LogP contribution in [0.3, 0.4) is 0 Å². The highest BCUT2D eigenvalue weighted by Crippen LogP contribution is 2.43. The Morgan fingerprint density at radius 2 is 1.73 bits per heavy atom. The van der Waals surface area contributed by atoms with Crippen LogP contribution in [0.4, 0.5) is 5.95 Å². The van der Waals surface area contributed by atoms with Gasteiger partial charge in [-0.05, 0) is 66.8 Å². The summed E-state index contributed by atoms with van der Waals surface area (Å²) in [5.74, 6) is -0.663. The van der Waals surface area contributed by atoms with Crippen LogP contribution < -0.4 is 14.4 Å². The maximum atomic E-state index is 13.7. The van der Waals surface area contributed by atoms with E-state index in [0.717, 1.165) is 11.1 Å². The minimum atomic E-state index is -0.948. The number of para-hydroxylation sites is 2. The number of methoxy groups -OCH3 is 1. The second kappa shape index (κ2) is 10.2. The second-order valence-electron chi connectivity index (χ2n) is 11.1. The first-order valence-corrected chi connectivity index (χ1v) is 13.2. The monoisotopic (exact) mass is 539 g/mol. The molecule has 3 aromatic carbocycles. The summed E-state index contributed by atoms with van der Waals surface area (Å²) in [6.45, 7) is 10.0. The average molecular weight is 540 g/mol. The third-order valence-electron chi connectivity index (χ3n) is 6.94. The molecule has 1 fully saturated rings. The minimum absolute atomic E-state index is 0.0189. The van der Waals surface area contributed by atoms with Crippen molar-refractivity contribution < 1.29 is 24.2 Å². The Bertz CT molecular complexity index is 1590. The number of nitrogens with zero attached hydrogens (tertiary/aromatic N) is 2. The summed E-state index contributed by atoms with van der Waals surface area (Å²) in [5.41, 5.74) is 2.98. The molecule has 4 aromatic rings. The van der Waals surface area contributed by atoms with Gasteiger partial charge in [0.2, 0.25) is 5.95 Å². The van der Waals surface area contributed by atoms with Crippen molar-refractivity contribution in [2.75, 3.05) is 12.0 Å². The van der Waals surface area contributed by atoms with E-state index in [1.54, 1.807) is 36.4 Å². The maximum absolute atomic E-state index is 13.7. The van der Waals surface area contributed by atoms with Crippen LogP contribution >= 0.6 is 0 Å². The summed E-state index contributed by atoms with van der Waals surface area (Å²) in [5, 5.41) is 11.8. The van der Waals surface area contributed by atoms with Gasteiger partial charge in [0.25, 0.3) is 5.78 Å². The first-order valence-electron chi connectivity index (χ1n) is 13.2. The van der Waals surface area contributed by atoms with Crippen molar-refractivity contribution in [2.24, 2.45) is 0 Å². The first kappa shape index (κ1) is 27.0. The predicted octanol–water partition coefficient (Wildman–Crippen LogP) is 6.28. The van der Waals surface area contributed by atoms with E-state index >= 15 is 0 Å². The molecule has 2 N–H and O–H groups in total. The summed E-state index contributed by atoms with van der Waals surface area (Å²) >= 11 is 0. The number of benzene rings is 3. The van der Waals surface area contributed by atoms with Crippen LogP contribution in [0.5, 0.6) is 11.5 Å². The molecule has 8 heteroatoms. The number of anilines is 1. The zero-order valence-corrected chi connectivity index (χ0v) is 23.5. The van der Waals surface area contributed by atoms with Crippen molar-refractivity contribution in [1.82, 2.24) is 9.97 Å². The van der Waals surface area contributed by atoms with E-state index in [4.69, 9.17) is 9.47 Å². The van der Waals surface area contributed by atoms with Crippen molar-refractivity contribution in [2.45, 2.75) is 52.2 Å². The molecule has 0 aliphatic carbocycles. The summed E-state index contributed by atoms with van der Waals surface area (Å²) in [7, 11) is 1.50. The van der Waals surface area contributed by atoms with Gasteiger partial charge in [0.1, 0.15) is 17.3 Å². The number of ether oxygens (including phenoxy) is 2. The first-order chi connectivity index (χ1) is 19.0. The van der Waals surface area contributed by atoms with Crippen LogP contribution in [-0.4, -0.2) is 40.0 Å². The standard InChI is InChI=1S/C32H33N3O5/c1-18(2)40-21-14-11-19(12-15-21)27-26(28(36)22-17-20(32(3,4)5)13-16-25(22)39-6)29(37)30(38)35(27)31-33-23-9-7-8-10-24(23)34-31/h7-18,27,36H,1-6H3,(H,33,34)/b28-26+. The zero-order valence-electron chi connectivity index (χ0n) is 23.5. The number of H-pyrrole nitrogens is 1. The number of Topliss-reactive ketones (excluding diaryl/α,β-unsaturated/α-hetero) is 1. The van der Waals surface area contributed by atoms with Gasteiger partial charge in [0.15, 0.2) is 0 Å². The number of hydrogen-bond acceptors (Lipinski definition) is 6. The van der Waals surface area contributed by atoms with Crippen LogP contribution in [0.1, 0.15) is 57.4 Å². The number of amides is 1. The van der Waals surface area contributed by atoms with Crippen LogP contribution in [0.25, 0.3) is 16.8 Å². The molecule has 40 heavy (non-hydrogen) atoms. The molecule has 0 bridgehead atoms. The fourth-order valence-corrected chi connectivity index (χ4v) is 4.93. The van der Waals surface area contributed by atoms with Crippen molar-refractivity contribution in [3.8, 4) is 11.5 Å². The molecule has 1 unspecified atom stereocenters. The summed E-state index contributed by atoms with van der Waals surface area (Å²) < 4.78 is 11.4. The van der Waals surface area contributed by atoms with Gasteiger partial charge >= 0.3 is 5.91 Å². The molecule has 5 rings (SSSR count). The number of aliphatic hydroxyl groups excluding tert-OH is 1. The predicted molar refractivity (Wildman–Crippen MR) is 155 cm³/mol. The number of aromatic nitrogens is 2. The number of aliphatic hydroxyl groups is 1. The highest BCUT2D eigenvalue weighted by molar-refractivity contribution is 6.51. The van der Waals surface area contributed by atoms with Gasteiger partial charge in [0, 0.05) is 0 Å². The van der Waals surface area contributed by atoms with Gasteiger partial charge in [-0.1, -0.05) is 51.1 Å². The van der Waals surface area contributed by atoms with Crippen LogP contribution in [0.2, 0.25) is 0 Å². The minimum Gasteiger partial charge on any atom is -0.507 e. The lowest BCUT2D eigenvalue weighted by Gasteiger charge is -2.24. The topological polar surface area (TPSA) is 105 Å². The van der Waals surface area contributed by atoms with Crippen LogP contribution in [0, 0.1) is 0 Å². The number of carbonyl (C=O) groups excluding carboxylic acids is 2. The molecule has 1 aromatic heterocycles. The fraction of sp³-hybridized carbons (Fsp3) is 0.281. The van der Waals surface area contributed by atoms with Gasteiger partial charge in [-0.15, -0.1) is 0 Å². The molecular weight excluding hydrogens is 506 g/mol. The lowest BCUT2D eigenvalue weighted by Crippen LogP contribution is -2.30. The summed E-state index contributed by atoms with van der Waals surface area (Å²) in [6, 6.07) is 19.1. The summed E-state index contributed by atoms with van der Waals surface area (Å²) in [6.07, 6.45) is -0.0189. The molecule has 206 valence electrons. The van der Waals surface area contributed by atoms with Gasteiger partial charge in [-0.2, -0.15) is 0 Å². The lowest BCUT2D eigenvalue weighted by molar-refractivity contribution is -0.132. The van der Waals surface area contributed by atoms with E-state index in [0.29, 0.717) is 28.1 Å². The van der Waals surface area contributed by atoms with Crippen molar-refractivity contribution in [3.63, 3.8) is 0 Å². The third-order valence-corrected chi connectivity index (χ3v) is 6.94. The number of fused-ring (bicyclic) bond motifs is 1.